The van der Waals surface area contributed by atoms with Crippen molar-refractivity contribution in [2.75, 3.05) is 12.8 Å². The number of phenols is 1. The van der Waals surface area contributed by atoms with Crippen molar-refractivity contribution in [1.29, 1.82) is 0 Å². The second-order valence-electron chi connectivity index (χ2n) is 2.70. The Morgan fingerprint density at radius 2 is 2.17 bits per heavy atom. The van der Waals surface area contributed by atoms with Crippen LogP contribution < -0.4 is 5.73 Å². The van der Waals surface area contributed by atoms with Crippen LogP contribution in [0.1, 0.15) is 18.6 Å². The third-order valence-electron chi connectivity index (χ3n) is 1.88. The van der Waals surface area contributed by atoms with Crippen molar-refractivity contribution < 1.29 is 9.84 Å². The van der Waals surface area contributed by atoms with Gasteiger partial charge in [0.25, 0.3) is 0 Å². The van der Waals surface area contributed by atoms with E-state index in [4.69, 9.17) is 10.5 Å². The minimum atomic E-state index is -0.0171. The number of benzene rings is 1. The van der Waals surface area contributed by atoms with Crippen molar-refractivity contribution in [3.8, 4) is 5.75 Å². The highest BCUT2D eigenvalue weighted by Gasteiger charge is 2.05. The Morgan fingerprint density at radius 3 is 2.67 bits per heavy atom. The summed E-state index contributed by atoms with van der Waals surface area (Å²) >= 11 is 0. The van der Waals surface area contributed by atoms with E-state index < -0.39 is 0 Å². The standard InChI is InChI=1S/C9H13NO2/c1-6(12-2)7-3-4-8(10)9(11)5-7/h3-6,11H,10H2,1-2H3. The maximum atomic E-state index is 9.26. The topological polar surface area (TPSA) is 55.5 Å². The van der Waals surface area contributed by atoms with Gasteiger partial charge in [0.15, 0.2) is 0 Å². The first kappa shape index (κ1) is 8.87. The lowest BCUT2D eigenvalue weighted by molar-refractivity contribution is 0.119. The molecular weight excluding hydrogens is 154 g/mol. The first-order valence-electron chi connectivity index (χ1n) is 3.76. The molecule has 0 aliphatic rings. The lowest BCUT2D eigenvalue weighted by Gasteiger charge is -2.10. The molecule has 66 valence electrons. The zero-order valence-electron chi connectivity index (χ0n) is 7.24. The van der Waals surface area contributed by atoms with Crippen LogP contribution in [0, 0.1) is 0 Å². The summed E-state index contributed by atoms with van der Waals surface area (Å²) in [6.45, 7) is 1.91. The zero-order valence-corrected chi connectivity index (χ0v) is 7.24. The Morgan fingerprint density at radius 1 is 1.50 bits per heavy atom. The Balaban J connectivity index is 2.96. The molecular formula is C9H13NO2. The second kappa shape index (κ2) is 3.45. The van der Waals surface area contributed by atoms with Crippen molar-refractivity contribution in [3.05, 3.63) is 23.8 Å². The van der Waals surface area contributed by atoms with Gasteiger partial charge in [0.05, 0.1) is 11.8 Å². The molecule has 12 heavy (non-hydrogen) atoms. The van der Waals surface area contributed by atoms with Gasteiger partial charge < -0.3 is 15.6 Å². The van der Waals surface area contributed by atoms with Gasteiger partial charge in [-0.2, -0.15) is 0 Å². The summed E-state index contributed by atoms with van der Waals surface area (Å²) in [4.78, 5) is 0. The fraction of sp³-hybridized carbons (Fsp3) is 0.333. The predicted octanol–water partition coefficient (Wildman–Crippen LogP) is 1.68. The summed E-state index contributed by atoms with van der Waals surface area (Å²) in [7, 11) is 1.62. The lowest BCUT2D eigenvalue weighted by atomic mass is 10.1. The average Bonchev–Trinajstić information content (AvgIpc) is 2.08. The van der Waals surface area contributed by atoms with Gasteiger partial charge in [-0.3, -0.25) is 0 Å². The largest absolute Gasteiger partial charge is 0.506 e. The van der Waals surface area contributed by atoms with Gasteiger partial charge in [-0.15, -0.1) is 0 Å². The van der Waals surface area contributed by atoms with Crippen LogP contribution in [0.2, 0.25) is 0 Å². The van der Waals surface area contributed by atoms with E-state index in [2.05, 4.69) is 0 Å². The molecule has 3 N–H and O–H groups in total. The molecule has 0 spiro atoms. The third-order valence-corrected chi connectivity index (χ3v) is 1.88. The molecule has 0 heterocycles. The molecule has 1 rings (SSSR count). The molecule has 1 aromatic carbocycles. The smallest absolute Gasteiger partial charge is 0.138 e. The molecule has 1 unspecified atom stereocenters. The maximum Gasteiger partial charge on any atom is 0.138 e. The molecule has 1 aromatic rings. The van der Waals surface area contributed by atoms with Crippen LogP contribution in [-0.4, -0.2) is 12.2 Å². The second-order valence-corrected chi connectivity index (χ2v) is 2.70. The summed E-state index contributed by atoms with van der Waals surface area (Å²) in [6, 6.07) is 5.12. The molecule has 0 aliphatic heterocycles. The number of phenolic OH excluding ortho intramolecular Hbond substituents is 1. The van der Waals surface area contributed by atoms with Gasteiger partial charge in [-0.25, -0.2) is 0 Å². The molecule has 3 nitrogen and oxygen atoms in total. The quantitative estimate of drug-likeness (QED) is 0.520. The van der Waals surface area contributed by atoms with Crippen molar-refractivity contribution >= 4 is 5.69 Å². The highest BCUT2D eigenvalue weighted by atomic mass is 16.5. The van der Waals surface area contributed by atoms with Crippen LogP contribution in [0.25, 0.3) is 0 Å². The van der Waals surface area contributed by atoms with E-state index in [0.29, 0.717) is 5.69 Å². The van der Waals surface area contributed by atoms with Gasteiger partial charge >= 0.3 is 0 Å². The Hall–Kier alpha value is -1.22. The van der Waals surface area contributed by atoms with Gasteiger partial charge in [-0.05, 0) is 24.6 Å². The molecule has 0 bridgehead atoms. The predicted molar refractivity (Wildman–Crippen MR) is 47.9 cm³/mol. The number of anilines is 1. The summed E-state index contributed by atoms with van der Waals surface area (Å²) in [5.74, 6) is 0.108. The Bertz CT molecular complexity index is 273. The summed E-state index contributed by atoms with van der Waals surface area (Å²) in [5.41, 5.74) is 6.75. The SMILES string of the molecule is COC(C)c1ccc(N)c(O)c1. The van der Waals surface area contributed by atoms with Crippen LogP contribution in [0.15, 0.2) is 18.2 Å². The molecule has 1 atom stereocenters. The van der Waals surface area contributed by atoms with Gasteiger partial charge in [-0.1, -0.05) is 6.07 Å². The summed E-state index contributed by atoms with van der Waals surface area (Å²) in [6.07, 6.45) is -0.0171. The minimum absolute atomic E-state index is 0.0171. The highest BCUT2D eigenvalue weighted by Crippen LogP contribution is 2.25. The lowest BCUT2D eigenvalue weighted by Crippen LogP contribution is -1.96. The van der Waals surface area contributed by atoms with E-state index in [1.165, 1.54) is 0 Å². The maximum absolute atomic E-state index is 9.26. The summed E-state index contributed by atoms with van der Waals surface area (Å²) in [5, 5.41) is 9.26. The third kappa shape index (κ3) is 1.68. The van der Waals surface area contributed by atoms with E-state index in [0.717, 1.165) is 5.56 Å². The Labute approximate surface area is 71.8 Å². The average molecular weight is 167 g/mol. The molecule has 0 radical (unpaired) electrons. The van der Waals surface area contributed by atoms with E-state index >= 15 is 0 Å². The first-order valence-corrected chi connectivity index (χ1v) is 3.76. The van der Waals surface area contributed by atoms with E-state index in [-0.39, 0.29) is 11.9 Å². The summed E-state index contributed by atoms with van der Waals surface area (Å²) < 4.78 is 5.08. The van der Waals surface area contributed by atoms with Gasteiger partial charge in [0, 0.05) is 7.11 Å². The zero-order chi connectivity index (χ0) is 9.14. The number of nitrogen functional groups attached to an aromatic ring is 1. The number of nitrogens with two attached hydrogens (primary N) is 1. The van der Waals surface area contributed by atoms with Gasteiger partial charge in [0.1, 0.15) is 5.75 Å². The number of aromatic hydroxyl groups is 1. The van der Waals surface area contributed by atoms with E-state index in [1.54, 1.807) is 19.2 Å². The first-order chi connectivity index (χ1) is 5.65. The molecule has 0 aliphatic carbocycles. The number of rotatable bonds is 2. The number of hydrogen-bond acceptors (Lipinski definition) is 3. The van der Waals surface area contributed by atoms with E-state index in [9.17, 15) is 5.11 Å². The van der Waals surface area contributed by atoms with E-state index in [1.807, 2.05) is 13.0 Å². The number of ether oxygens (including phenoxy) is 1. The molecule has 0 saturated carbocycles. The molecule has 0 amide bonds. The molecule has 0 saturated heterocycles. The van der Waals surface area contributed by atoms with Crippen LogP contribution >= 0.6 is 0 Å². The van der Waals surface area contributed by atoms with Crippen LogP contribution in [0.5, 0.6) is 5.75 Å². The fourth-order valence-electron chi connectivity index (χ4n) is 0.950. The Kier molecular flexibility index (Phi) is 2.55. The van der Waals surface area contributed by atoms with Crippen molar-refractivity contribution in [1.82, 2.24) is 0 Å². The van der Waals surface area contributed by atoms with Crippen molar-refractivity contribution in [2.45, 2.75) is 13.0 Å². The molecule has 0 fully saturated rings. The van der Waals surface area contributed by atoms with Crippen molar-refractivity contribution in [3.63, 3.8) is 0 Å². The molecule has 3 heteroatoms. The normalized spacial score (nSPS) is 12.8. The minimum Gasteiger partial charge on any atom is -0.506 e. The fourth-order valence-corrected chi connectivity index (χ4v) is 0.950. The molecule has 0 aromatic heterocycles. The van der Waals surface area contributed by atoms with Crippen LogP contribution in [0.3, 0.4) is 0 Å². The monoisotopic (exact) mass is 167 g/mol. The van der Waals surface area contributed by atoms with Crippen LogP contribution in [0.4, 0.5) is 5.69 Å². The van der Waals surface area contributed by atoms with Gasteiger partial charge in [0.2, 0.25) is 0 Å². The van der Waals surface area contributed by atoms with Crippen molar-refractivity contribution in [2.24, 2.45) is 0 Å². The number of hydrogen-bond donors (Lipinski definition) is 2. The number of methoxy groups -OCH3 is 1. The highest BCUT2D eigenvalue weighted by molar-refractivity contribution is 5.53. The van der Waals surface area contributed by atoms with Crippen LogP contribution in [-0.2, 0) is 4.74 Å².